The number of amides is 2. The van der Waals surface area contributed by atoms with Crippen molar-refractivity contribution in [2.45, 2.75) is 167 Å². The molecule has 2 amide bonds. The van der Waals surface area contributed by atoms with Crippen LogP contribution in [0.15, 0.2) is 0 Å². The van der Waals surface area contributed by atoms with Crippen molar-refractivity contribution in [2.24, 2.45) is 0 Å². The molecule has 0 aromatic heterocycles. The molecule has 25 atom stereocenters. The lowest BCUT2D eigenvalue weighted by atomic mass is 9.94. The Morgan fingerprint density at radius 1 is 0.387 bits per heavy atom. The largest absolute Gasteiger partial charge is 0.394 e. The number of carbonyl (C=O) groups excluding carboxylic acids is 2. The zero-order valence-electron chi connectivity index (χ0n) is 33.2. The van der Waals surface area contributed by atoms with Gasteiger partial charge in [0.05, 0.1) is 33.0 Å². The zero-order valence-corrected chi connectivity index (χ0v) is 33.2. The first-order chi connectivity index (χ1) is 29.3. The monoisotopic (exact) mass is 910 g/mol. The average molecular weight is 911 g/mol. The van der Waals surface area contributed by atoms with E-state index in [-0.39, 0.29) is 0 Å². The molecule has 0 aromatic carbocycles. The molecule has 0 aliphatic carbocycles. The van der Waals surface area contributed by atoms with Crippen LogP contribution in [-0.4, -0.2) is 275 Å². The Hall–Kier alpha value is -2.02. The zero-order chi connectivity index (χ0) is 45.9. The number of aliphatic hydroxyl groups is 15. The van der Waals surface area contributed by atoms with Gasteiger partial charge in [-0.1, -0.05) is 0 Å². The van der Waals surface area contributed by atoms with Crippen LogP contribution in [0.3, 0.4) is 0 Å². The van der Waals surface area contributed by atoms with Gasteiger partial charge < -0.3 is 130 Å². The fraction of sp³-hybridized carbons (Fsp3) is 0.941. The van der Waals surface area contributed by atoms with Crippen molar-refractivity contribution in [3.05, 3.63) is 0 Å². The van der Waals surface area contributed by atoms with Crippen molar-refractivity contribution in [3.63, 3.8) is 0 Å². The number of ether oxygens (including phenoxy) is 9. The number of nitrogens with one attached hydrogen (secondary N) is 2. The first-order valence-corrected chi connectivity index (χ1v) is 19.6. The third-order valence-electron chi connectivity index (χ3n) is 11.1. The first-order valence-electron chi connectivity index (χ1n) is 19.6. The Bertz CT molecular complexity index is 1440. The summed E-state index contributed by atoms with van der Waals surface area (Å²) < 4.78 is 50.7. The molecule has 5 rings (SSSR count). The molecule has 0 radical (unpaired) electrons. The lowest BCUT2D eigenvalue weighted by Crippen LogP contribution is -2.70. The molecule has 0 bridgehead atoms. The highest BCUT2D eigenvalue weighted by molar-refractivity contribution is 5.73. The van der Waals surface area contributed by atoms with E-state index in [0.29, 0.717) is 0 Å². The van der Waals surface area contributed by atoms with Gasteiger partial charge >= 0.3 is 0 Å². The molecule has 17 N–H and O–H groups in total. The molecule has 62 heavy (non-hydrogen) atoms. The average Bonchev–Trinajstić information content (AvgIpc) is 3.23. The minimum atomic E-state index is -2.10. The van der Waals surface area contributed by atoms with Crippen LogP contribution in [0.25, 0.3) is 0 Å². The number of hydrogen-bond donors (Lipinski definition) is 17. The van der Waals surface area contributed by atoms with Gasteiger partial charge in [-0.25, -0.2) is 0 Å². The standard InChI is InChI=1S/C34H58N2O26/c1-8(42)35-15-20(47)17(44)10(3-37)55-31(15)61-28-18(45)11(4-38)56-33(24(28)51)59-26-14(7-41)58-32(16(21(26)48)36-9(2)43)62-29-19(46)12(5-39)57-34(25(29)52)60-27-13(6-40)54-30(53)23(50)22(27)49/h10-34,37-41,44-53H,3-7H2,1-2H3,(H,35,42)(H,36,43)/t10-,11-,12-,13-,14-,15-,16-,17-,18+,19+,20-,21-,22-,23-,24-,25-,26-,27-,28+,29+,30+,31-,32+,33+,34+/m1/s1. The summed E-state index contributed by atoms with van der Waals surface area (Å²) in [6, 6.07) is -3.28. The van der Waals surface area contributed by atoms with E-state index in [0.717, 1.165) is 13.8 Å². The summed E-state index contributed by atoms with van der Waals surface area (Å²) in [6.07, 6.45) is -42.2. The van der Waals surface area contributed by atoms with Crippen molar-refractivity contribution < 1.29 is 129 Å². The van der Waals surface area contributed by atoms with E-state index in [9.17, 15) is 86.2 Å². The van der Waals surface area contributed by atoms with Gasteiger partial charge in [0, 0.05) is 13.8 Å². The molecule has 0 unspecified atom stereocenters. The molecule has 5 saturated heterocycles. The first kappa shape index (κ1) is 51.0. The Labute approximate surface area is 351 Å². The number of aliphatic hydroxyl groups excluding tert-OH is 15. The predicted octanol–water partition coefficient (Wildman–Crippen LogP) is -11.6. The van der Waals surface area contributed by atoms with Gasteiger partial charge in [0.1, 0.15) is 122 Å². The normalized spacial score (nSPS) is 49.0. The third-order valence-corrected chi connectivity index (χ3v) is 11.1. The number of carbonyl (C=O) groups is 2. The van der Waals surface area contributed by atoms with E-state index in [2.05, 4.69) is 10.6 Å². The highest BCUT2D eigenvalue weighted by Gasteiger charge is 2.57. The van der Waals surface area contributed by atoms with Crippen molar-refractivity contribution >= 4 is 11.8 Å². The van der Waals surface area contributed by atoms with Crippen LogP contribution in [0.4, 0.5) is 0 Å². The lowest BCUT2D eigenvalue weighted by Gasteiger charge is -2.50. The fourth-order valence-corrected chi connectivity index (χ4v) is 7.83. The fourth-order valence-electron chi connectivity index (χ4n) is 7.83. The molecule has 5 aliphatic heterocycles. The summed E-state index contributed by atoms with van der Waals surface area (Å²) >= 11 is 0. The van der Waals surface area contributed by atoms with E-state index in [1.807, 2.05) is 0 Å². The molecular weight excluding hydrogens is 852 g/mol. The van der Waals surface area contributed by atoms with Crippen LogP contribution < -0.4 is 10.6 Å². The van der Waals surface area contributed by atoms with Crippen molar-refractivity contribution in [3.8, 4) is 0 Å². The molecule has 360 valence electrons. The summed E-state index contributed by atoms with van der Waals surface area (Å²) in [5.41, 5.74) is 0. The van der Waals surface area contributed by atoms with Crippen LogP contribution in [0.2, 0.25) is 0 Å². The minimum Gasteiger partial charge on any atom is -0.394 e. The van der Waals surface area contributed by atoms with Gasteiger partial charge in [-0.2, -0.15) is 0 Å². The van der Waals surface area contributed by atoms with Crippen LogP contribution in [0.1, 0.15) is 13.8 Å². The van der Waals surface area contributed by atoms with Crippen molar-refractivity contribution in [2.75, 3.05) is 33.0 Å². The summed E-state index contributed by atoms with van der Waals surface area (Å²) in [4.78, 5) is 24.4. The molecule has 28 nitrogen and oxygen atoms in total. The Morgan fingerprint density at radius 2 is 0.726 bits per heavy atom. The minimum absolute atomic E-state index is 0.726. The van der Waals surface area contributed by atoms with Gasteiger partial charge in [-0.3, -0.25) is 9.59 Å². The maximum absolute atomic E-state index is 12.5. The van der Waals surface area contributed by atoms with E-state index < -0.39 is 198 Å². The summed E-state index contributed by atoms with van der Waals surface area (Å²) in [5, 5.41) is 163. The molecule has 5 aliphatic rings. The van der Waals surface area contributed by atoms with E-state index >= 15 is 0 Å². The molecular formula is C34H58N2O26. The van der Waals surface area contributed by atoms with Crippen LogP contribution >= 0.6 is 0 Å². The number of hydrogen-bond acceptors (Lipinski definition) is 26. The Kier molecular flexibility index (Phi) is 18.1. The molecule has 0 saturated carbocycles. The quantitative estimate of drug-likeness (QED) is 0.0725. The topological polar surface area (TPSA) is 445 Å². The van der Waals surface area contributed by atoms with Gasteiger partial charge in [0.25, 0.3) is 0 Å². The van der Waals surface area contributed by atoms with Crippen molar-refractivity contribution in [1.29, 1.82) is 0 Å². The van der Waals surface area contributed by atoms with Crippen molar-refractivity contribution in [1.82, 2.24) is 10.6 Å². The van der Waals surface area contributed by atoms with E-state index in [4.69, 9.17) is 42.6 Å². The number of rotatable bonds is 15. The Morgan fingerprint density at radius 3 is 1.15 bits per heavy atom. The summed E-state index contributed by atoms with van der Waals surface area (Å²) in [5.74, 6) is -1.55. The second-order valence-electron chi connectivity index (χ2n) is 15.4. The maximum Gasteiger partial charge on any atom is 0.217 e. The lowest BCUT2D eigenvalue weighted by molar-refractivity contribution is -0.384. The smallest absolute Gasteiger partial charge is 0.217 e. The predicted molar refractivity (Wildman–Crippen MR) is 190 cm³/mol. The molecule has 0 spiro atoms. The maximum atomic E-state index is 12.5. The highest BCUT2D eigenvalue weighted by atomic mass is 16.8. The second kappa shape index (κ2) is 22.0. The van der Waals surface area contributed by atoms with E-state index in [1.54, 1.807) is 0 Å². The molecule has 5 heterocycles. The van der Waals surface area contributed by atoms with Gasteiger partial charge in [0.2, 0.25) is 11.8 Å². The van der Waals surface area contributed by atoms with Crippen LogP contribution in [0.5, 0.6) is 0 Å². The third kappa shape index (κ3) is 10.8. The highest BCUT2D eigenvalue weighted by Crippen LogP contribution is 2.35. The SMILES string of the molecule is CC(=O)N[C@H]1[C@H](O[C@H]2[C@@H](O)[C@@H](CO)O[C@@H](O[C@H]3[C@H](O)[C@@H](O)[C@@H](O)O[C@@H]3CO)[C@@H]2O)O[C@H](CO)[C@@H](O[C@@H]2O[C@H](CO)[C@H](O)[C@H](O[C@H]3O[C@H](CO)[C@@H](O)[C@H](O)[C@H]3NC(C)=O)[C@H]2O)[C@@H]1O. The summed E-state index contributed by atoms with van der Waals surface area (Å²) in [7, 11) is 0. The molecule has 28 heteroatoms. The second-order valence-corrected chi connectivity index (χ2v) is 15.4. The van der Waals surface area contributed by atoms with E-state index in [1.165, 1.54) is 0 Å². The Balaban J connectivity index is 1.37. The molecule has 0 aromatic rings. The van der Waals surface area contributed by atoms with Crippen LogP contribution in [-0.2, 0) is 52.2 Å². The van der Waals surface area contributed by atoms with Gasteiger partial charge in [-0.15, -0.1) is 0 Å². The van der Waals surface area contributed by atoms with Gasteiger partial charge in [-0.05, 0) is 0 Å². The summed E-state index contributed by atoms with van der Waals surface area (Å²) in [6.45, 7) is -2.53. The van der Waals surface area contributed by atoms with Crippen LogP contribution in [0, 0.1) is 0 Å². The van der Waals surface area contributed by atoms with Gasteiger partial charge in [0.15, 0.2) is 31.5 Å². The molecule has 5 fully saturated rings.